The van der Waals surface area contributed by atoms with Crippen molar-refractivity contribution in [1.82, 2.24) is 0 Å². The van der Waals surface area contributed by atoms with Gasteiger partial charge >= 0.3 is 0 Å². The molecule has 7 heteroatoms. The molecule has 0 saturated heterocycles. The van der Waals surface area contributed by atoms with E-state index in [2.05, 4.69) is 5.32 Å². The first-order chi connectivity index (χ1) is 15.4. The second-order valence-corrected chi connectivity index (χ2v) is 7.47. The molecule has 3 aromatic rings. The molecule has 164 valence electrons. The lowest BCUT2D eigenvalue weighted by molar-refractivity contribution is 0.102. The lowest BCUT2D eigenvalue weighted by Gasteiger charge is -2.17. The standard InChI is InChI=1S/C25H22ClFN2O3/c1-29(15-16-30)20-12-5-17(6-13-20)7-14-23(31)18-8-10-19(11-9-18)28-25(32)24-21(26)3-2-4-22(24)27/h2-14,30H,15-16H2,1H3,(H,28,32)/b14-7+. The van der Waals surface area contributed by atoms with Gasteiger partial charge in [-0.05, 0) is 60.2 Å². The summed E-state index contributed by atoms with van der Waals surface area (Å²) in [6, 6.07) is 17.9. The minimum absolute atomic E-state index is 0.0208. The quantitative estimate of drug-likeness (QED) is 0.370. The van der Waals surface area contributed by atoms with Crippen LogP contribution in [-0.2, 0) is 0 Å². The molecular formula is C25H22ClFN2O3. The summed E-state index contributed by atoms with van der Waals surface area (Å²) in [6.45, 7) is 0.615. The van der Waals surface area contributed by atoms with Crippen LogP contribution in [0.3, 0.4) is 0 Å². The molecule has 0 radical (unpaired) electrons. The lowest BCUT2D eigenvalue weighted by atomic mass is 10.1. The van der Waals surface area contributed by atoms with Gasteiger partial charge in [-0.25, -0.2) is 4.39 Å². The fourth-order valence-corrected chi connectivity index (χ4v) is 3.26. The zero-order valence-corrected chi connectivity index (χ0v) is 18.1. The van der Waals surface area contributed by atoms with E-state index in [1.54, 1.807) is 30.3 Å². The molecule has 5 nitrogen and oxygen atoms in total. The van der Waals surface area contributed by atoms with Crippen molar-refractivity contribution in [3.63, 3.8) is 0 Å². The fourth-order valence-electron chi connectivity index (χ4n) is 3.01. The molecule has 0 bridgehead atoms. The fraction of sp³-hybridized carbons (Fsp3) is 0.120. The van der Waals surface area contributed by atoms with Gasteiger partial charge in [-0.1, -0.05) is 35.9 Å². The SMILES string of the molecule is CN(CCO)c1ccc(/C=C/C(=O)c2ccc(NC(=O)c3c(F)cccc3Cl)cc2)cc1. The van der Waals surface area contributed by atoms with Crippen molar-refractivity contribution >= 4 is 40.7 Å². The summed E-state index contributed by atoms with van der Waals surface area (Å²) in [6.07, 6.45) is 3.19. The molecule has 0 saturated carbocycles. The number of amides is 1. The number of aliphatic hydroxyl groups is 1. The highest BCUT2D eigenvalue weighted by Crippen LogP contribution is 2.21. The Labute approximate surface area is 190 Å². The molecule has 3 rings (SSSR count). The Balaban J connectivity index is 1.63. The van der Waals surface area contributed by atoms with Crippen LogP contribution >= 0.6 is 11.6 Å². The zero-order valence-electron chi connectivity index (χ0n) is 17.4. The van der Waals surface area contributed by atoms with Crippen LogP contribution in [0.4, 0.5) is 15.8 Å². The number of aliphatic hydroxyl groups excluding tert-OH is 1. The molecule has 0 unspecified atom stereocenters. The van der Waals surface area contributed by atoms with E-state index in [4.69, 9.17) is 16.7 Å². The highest BCUT2D eigenvalue weighted by atomic mass is 35.5. The maximum Gasteiger partial charge on any atom is 0.260 e. The van der Waals surface area contributed by atoms with E-state index in [-0.39, 0.29) is 23.0 Å². The molecule has 0 heterocycles. The number of ketones is 1. The maximum atomic E-state index is 13.9. The van der Waals surface area contributed by atoms with Gasteiger partial charge in [0.25, 0.3) is 5.91 Å². The Kier molecular flexibility index (Phi) is 7.76. The molecule has 3 aromatic carbocycles. The summed E-state index contributed by atoms with van der Waals surface area (Å²) < 4.78 is 13.9. The molecule has 1 amide bonds. The van der Waals surface area contributed by atoms with Crippen molar-refractivity contribution in [2.24, 2.45) is 0 Å². The Morgan fingerprint density at radius 3 is 2.38 bits per heavy atom. The minimum atomic E-state index is -0.708. The first kappa shape index (κ1) is 23.2. The molecule has 0 aliphatic carbocycles. The molecule has 32 heavy (non-hydrogen) atoms. The molecule has 0 spiro atoms. The summed E-state index contributed by atoms with van der Waals surface area (Å²) in [5.74, 6) is -1.57. The molecule has 0 aliphatic heterocycles. The maximum absolute atomic E-state index is 13.9. The van der Waals surface area contributed by atoms with Crippen molar-refractivity contribution in [2.45, 2.75) is 0 Å². The molecule has 0 aliphatic rings. The summed E-state index contributed by atoms with van der Waals surface area (Å²) in [4.78, 5) is 26.7. The van der Waals surface area contributed by atoms with Crippen molar-refractivity contribution in [1.29, 1.82) is 0 Å². The van der Waals surface area contributed by atoms with Crippen LogP contribution in [0.2, 0.25) is 5.02 Å². The van der Waals surface area contributed by atoms with Gasteiger partial charge in [-0.15, -0.1) is 0 Å². The Morgan fingerprint density at radius 2 is 1.75 bits per heavy atom. The van der Waals surface area contributed by atoms with Crippen molar-refractivity contribution in [2.75, 3.05) is 30.4 Å². The summed E-state index contributed by atoms with van der Waals surface area (Å²) in [5.41, 5.74) is 2.47. The van der Waals surface area contributed by atoms with Gasteiger partial charge in [-0.2, -0.15) is 0 Å². The first-order valence-corrected chi connectivity index (χ1v) is 10.3. The number of nitrogens with zero attached hydrogens (tertiary/aromatic N) is 1. The topological polar surface area (TPSA) is 69.6 Å². The van der Waals surface area contributed by atoms with Crippen LogP contribution < -0.4 is 10.2 Å². The normalized spacial score (nSPS) is 10.9. The summed E-state index contributed by atoms with van der Waals surface area (Å²) >= 11 is 5.92. The smallest absolute Gasteiger partial charge is 0.260 e. The molecule has 0 aromatic heterocycles. The van der Waals surface area contributed by atoms with Gasteiger partial charge in [-0.3, -0.25) is 9.59 Å². The average Bonchev–Trinajstić information content (AvgIpc) is 2.78. The summed E-state index contributed by atoms with van der Waals surface area (Å²) in [5, 5.41) is 11.6. The lowest BCUT2D eigenvalue weighted by Crippen LogP contribution is -2.20. The van der Waals surface area contributed by atoms with E-state index in [1.165, 1.54) is 18.2 Å². The third kappa shape index (κ3) is 5.81. The van der Waals surface area contributed by atoms with Crippen molar-refractivity contribution in [3.05, 3.63) is 100 Å². The summed E-state index contributed by atoms with van der Waals surface area (Å²) in [7, 11) is 1.89. The number of likely N-dealkylation sites (N-methyl/N-ethyl adjacent to an activating group) is 1. The first-order valence-electron chi connectivity index (χ1n) is 9.89. The van der Waals surface area contributed by atoms with Gasteiger partial charge in [0.1, 0.15) is 5.82 Å². The Hall–Kier alpha value is -3.48. The second kappa shape index (κ2) is 10.7. The van der Waals surface area contributed by atoms with Crippen LogP contribution in [0.15, 0.2) is 72.8 Å². The van der Waals surface area contributed by atoms with Crippen LogP contribution in [0.1, 0.15) is 26.3 Å². The van der Waals surface area contributed by atoms with Gasteiger partial charge in [0.05, 0.1) is 17.2 Å². The van der Waals surface area contributed by atoms with Gasteiger partial charge < -0.3 is 15.3 Å². The van der Waals surface area contributed by atoms with Crippen LogP contribution in [-0.4, -0.2) is 37.0 Å². The van der Waals surface area contributed by atoms with E-state index >= 15 is 0 Å². The van der Waals surface area contributed by atoms with Crippen molar-refractivity contribution < 1.29 is 19.1 Å². The van der Waals surface area contributed by atoms with Crippen molar-refractivity contribution in [3.8, 4) is 0 Å². The number of hydrogen-bond acceptors (Lipinski definition) is 4. The Bertz CT molecular complexity index is 1110. The predicted molar refractivity (Wildman–Crippen MR) is 126 cm³/mol. The van der Waals surface area contributed by atoms with Crippen LogP contribution in [0, 0.1) is 5.82 Å². The number of carbonyl (C=O) groups is 2. The van der Waals surface area contributed by atoms with E-state index in [0.29, 0.717) is 17.8 Å². The van der Waals surface area contributed by atoms with E-state index < -0.39 is 11.7 Å². The van der Waals surface area contributed by atoms with Crippen LogP contribution in [0.25, 0.3) is 6.08 Å². The number of carbonyl (C=O) groups excluding carboxylic acids is 2. The number of anilines is 2. The van der Waals surface area contributed by atoms with Gasteiger partial charge in [0.15, 0.2) is 5.78 Å². The van der Waals surface area contributed by atoms with Crippen LogP contribution in [0.5, 0.6) is 0 Å². The minimum Gasteiger partial charge on any atom is -0.395 e. The highest BCUT2D eigenvalue weighted by molar-refractivity contribution is 6.34. The predicted octanol–water partition coefficient (Wildman–Crippen LogP) is 5.06. The largest absolute Gasteiger partial charge is 0.395 e. The van der Waals surface area contributed by atoms with Gasteiger partial charge in [0, 0.05) is 30.5 Å². The molecule has 0 fully saturated rings. The number of benzene rings is 3. The molecule has 2 N–H and O–H groups in total. The second-order valence-electron chi connectivity index (χ2n) is 7.06. The zero-order chi connectivity index (χ0) is 23.1. The third-order valence-electron chi connectivity index (χ3n) is 4.81. The van der Waals surface area contributed by atoms with Gasteiger partial charge in [0.2, 0.25) is 0 Å². The molecule has 0 atom stereocenters. The highest BCUT2D eigenvalue weighted by Gasteiger charge is 2.16. The number of rotatable bonds is 8. The Morgan fingerprint density at radius 1 is 1.06 bits per heavy atom. The number of nitrogens with one attached hydrogen (secondary N) is 1. The monoisotopic (exact) mass is 452 g/mol. The third-order valence-corrected chi connectivity index (χ3v) is 5.13. The van der Waals surface area contributed by atoms with E-state index in [1.807, 2.05) is 36.2 Å². The average molecular weight is 453 g/mol. The number of allylic oxidation sites excluding steroid dienone is 1. The number of halogens is 2. The number of hydrogen-bond donors (Lipinski definition) is 2. The van der Waals surface area contributed by atoms with E-state index in [9.17, 15) is 14.0 Å². The van der Waals surface area contributed by atoms with E-state index in [0.717, 1.165) is 17.3 Å². The molecular weight excluding hydrogens is 431 g/mol.